The largest absolute Gasteiger partial charge is 0.382 e. The summed E-state index contributed by atoms with van der Waals surface area (Å²) in [5.74, 6) is 2.09. The van der Waals surface area contributed by atoms with Gasteiger partial charge in [-0.1, -0.05) is 6.07 Å². The van der Waals surface area contributed by atoms with Crippen LogP contribution in [-0.2, 0) is 11.8 Å². The fourth-order valence-corrected chi connectivity index (χ4v) is 5.20. The number of fused-ring (bicyclic) bond motifs is 2. The van der Waals surface area contributed by atoms with Crippen molar-refractivity contribution in [2.75, 3.05) is 5.73 Å². The molecular weight excluding hydrogens is 405 g/mol. The minimum absolute atomic E-state index is 0.260. The Morgan fingerprint density at radius 3 is 2.69 bits per heavy atom. The first-order valence-electron chi connectivity index (χ1n) is 11.3. The van der Waals surface area contributed by atoms with Crippen LogP contribution in [0.25, 0.3) is 27.7 Å². The van der Waals surface area contributed by atoms with Crippen LogP contribution >= 0.6 is 0 Å². The van der Waals surface area contributed by atoms with Crippen LogP contribution in [0.1, 0.15) is 57.2 Å². The minimum atomic E-state index is -0.294. The van der Waals surface area contributed by atoms with Gasteiger partial charge in [-0.15, -0.1) is 0 Å². The Hall–Kier alpha value is -3.22. The van der Waals surface area contributed by atoms with Gasteiger partial charge in [-0.3, -0.25) is 4.40 Å². The molecule has 0 aliphatic heterocycles. The van der Waals surface area contributed by atoms with Crippen molar-refractivity contribution in [3.8, 4) is 11.3 Å². The molecule has 1 saturated carbocycles. The Morgan fingerprint density at radius 2 is 1.94 bits per heavy atom. The molecule has 0 spiro atoms. The van der Waals surface area contributed by atoms with E-state index in [4.69, 9.17) is 10.7 Å². The molecule has 2 N–H and O–H groups in total. The Labute approximate surface area is 186 Å². The number of carbonyl (C=O) groups excluding carboxylic acids is 1. The maximum absolute atomic E-state index is 15.6. The zero-order valence-corrected chi connectivity index (χ0v) is 18.5. The SMILES string of the molecule is CC(=O)CCC1CCC(c2nc(-c3ccc4ccn(C)c4c3F)c3c(N)nccn23)CC1. The van der Waals surface area contributed by atoms with Crippen LogP contribution in [0.4, 0.5) is 10.2 Å². The highest BCUT2D eigenvalue weighted by molar-refractivity contribution is 5.91. The van der Waals surface area contributed by atoms with E-state index in [1.54, 1.807) is 23.8 Å². The molecule has 1 aromatic carbocycles. The number of aryl methyl sites for hydroxylation is 1. The van der Waals surface area contributed by atoms with E-state index in [1.807, 2.05) is 36.0 Å². The van der Waals surface area contributed by atoms with Gasteiger partial charge in [0.15, 0.2) is 5.82 Å². The summed E-state index contributed by atoms with van der Waals surface area (Å²) in [4.78, 5) is 20.6. The van der Waals surface area contributed by atoms with Crippen LogP contribution in [0, 0.1) is 11.7 Å². The molecule has 1 aliphatic rings. The molecule has 6 nitrogen and oxygen atoms in total. The van der Waals surface area contributed by atoms with E-state index in [9.17, 15) is 4.79 Å². The summed E-state index contributed by atoms with van der Waals surface area (Å²) in [5.41, 5.74) is 8.47. The number of imidazole rings is 1. The summed E-state index contributed by atoms with van der Waals surface area (Å²) in [6, 6.07) is 5.61. The molecule has 4 aromatic rings. The zero-order chi connectivity index (χ0) is 22.4. The van der Waals surface area contributed by atoms with E-state index in [0.29, 0.717) is 40.4 Å². The molecule has 1 fully saturated rings. The quantitative estimate of drug-likeness (QED) is 0.466. The molecule has 0 atom stereocenters. The van der Waals surface area contributed by atoms with Crippen LogP contribution in [0.2, 0.25) is 0 Å². The van der Waals surface area contributed by atoms with Crippen molar-refractivity contribution < 1.29 is 9.18 Å². The maximum atomic E-state index is 15.6. The molecule has 1 aliphatic carbocycles. The lowest BCUT2D eigenvalue weighted by molar-refractivity contribution is -0.117. The summed E-state index contributed by atoms with van der Waals surface area (Å²) in [6.07, 6.45) is 11.2. The second kappa shape index (κ2) is 8.04. The summed E-state index contributed by atoms with van der Waals surface area (Å²) < 4.78 is 19.4. The number of rotatable bonds is 5. The smallest absolute Gasteiger partial charge is 0.156 e. The standard InChI is InChI=1S/C25H28FN5O/c1-15(32)3-4-16-5-7-18(8-6-16)25-29-21(23-24(27)28-12-14-31(23)25)19-10-9-17-11-13-30(2)22(17)20(19)26/h9-14,16,18H,3-8H2,1-2H3,(H2,27,28). The normalized spacial score (nSPS) is 19.1. The van der Waals surface area contributed by atoms with Gasteiger partial charge in [0.2, 0.25) is 0 Å². The molecule has 0 amide bonds. The molecule has 0 bridgehead atoms. The van der Waals surface area contributed by atoms with Gasteiger partial charge in [-0.25, -0.2) is 14.4 Å². The Bertz CT molecular complexity index is 1310. The monoisotopic (exact) mass is 433 g/mol. The van der Waals surface area contributed by atoms with Gasteiger partial charge < -0.3 is 15.1 Å². The zero-order valence-electron chi connectivity index (χ0n) is 18.5. The van der Waals surface area contributed by atoms with E-state index in [0.717, 1.165) is 43.3 Å². The maximum Gasteiger partial charge on any atom is 0.156 e. The van der Waals surface area contributed by atoms with Gasteiger partial charge in [-0.05, 0) is 57.1 Å². The molecule has 32 heavy (non-hydrogen) atoms. The lowest BCUT2D eigenvalue weighted by atomic mass is 9.79. The van der Waals surface area contributed by atoms with Crippen LogP contribution in [0.15, 0.2) is 36.8 Å². The molecule has 3 heterocycles. The van der Waals surface area contributed by atoms with Crippen molar-refractivity contribution in [1.29, 1.82) is 0 Å². The van der Waals surface area contributed by atoms with E-state index >= 15 is 4.39 Å². The van der Waals surface area contributed by atoms with E-state index < -0.39 is 0 Å². The third kappa shape index (κ3) is 3.45. The molecule has 7 heteroatoms. The van der Waals surface area contributed by atoms with Crippen LogP contribution in [0.5, 0.6) is 0 Å². The highest BCUT2D eigenvalue weighted by atomic mass is 19.1. The van der Waals surface area contributed by atoms with Crippen molar-refractivity contribution in [1.82, 2.24) is 18.9 Å². The van der Waals surface area contributed by atoms with Gasteiger partial charge >= 0.3 is 0 Å². The van der Waals surface area contributed by atoms with Crippen molar-refractivity contribution >= 4 is 28.0 Å². The molecule has 166 valence electrons. The lowest BCUT2D eigenvalue weighted by Crippen LogP contribution is -2.16. The third-order valence-corrected chi connectivity index (χ3v) is 6.96. The first-order chi connectivity index (χ1) is 15.4. The Morgan fingerprint density at radius 1 is 1.16 bits per heavy atom. The minimum Gasteiger partial charge on any atom is -0.382 e. The number of halogens is 1. The van der Waals surface area contributed by atoms with E-state index in [-0.39, 0.29) is 17.5 Å². The fraction of sp³-hybridized carbons (Fsp3) is 0.400. The number of hydrogen-bond donors (Lipinski definition) is 1. The van der Waals surface area contributed by atoms with Gasteiger partial charge in [0.1, 0.15) is 28.6 Å². The number of benzene rings is 1. The number of nitrogen functional groups attached to an aromatic ring is 1. The van der Waals surface area contributed by atoms with E-state index in [2.05, 4.69) is 4.98 Å². The number of nitrogens with zero attached hydrogens (tertiary/aromatic N) is 4. The second-order valence-corrected chi connectivity index (χ2v) is 9.10. The van der Waals surface area contributed by atoms with Crippen molar-refractivity contribution in [3.63, 3.8) is 0 Å². The highest BCUT2D eigenvalue weighted by Crippen LogP contribution is 2.40. The number of hydrogen-bond acceptors (Lipinski definition) is 4. The molecule has 0 saturated heterocycles. The van der Waals surface area contributed by atoms with Crippen LogP contribution in [-0.4, -0.2) is 24.7 Å². The second-order valence-electron chi connectivity index (χ2n) is 9.10. The third-order valence-electron chi connectivity index (χ3n) is 6.96. The van der Waals surface area contributed by atoms with Crippen LogP contribution < -0.4 is 5.73 Å². The van der Waals surface area contributed by atoms with Crippen LogP contribution in [0.3, 0.4) is 0 Å². The first-order valence-corrected chi connectivity index (χ1v) is 11.3. The Balaban J connectivity index is 1.55. The first kappa shape index (κ1) is 20.7. The number of ketones is 1. The van der Waals surface area contributed by atoms with Gasteiger partial charge in [0.05, 0.1) is 5.52 Å². The predicted octanol–water partition coefficient (Wildman–Crippen LogP) is 5.25. The predicted molar refractivity (Wildman–Crippen MR) is 124 cm³/mol. The molecule has 0 radical (unpaired) electrons. The molecular formula is C25H28FN5O. The Kier molecular flexibility index (Phi) is 5.19. The number of carbonyl (C=O) groups is 1. The summed E-state index contributed by atoms with van der Waals surface area (Å²) >= 11 is 0. The van der Waals surface area contributed by atoms with Crippen molar-refractivity contribution in [2.24, 2.45) is 13.0 Å². The van der Waals surface area contributed by atoms with E-state index in [1.165, 1.54) is 0 Å². The average molecular weight is 434 g/mol. The number of anilines is 1. The number of aromatic nitrogens is 4. The topological polar surface area (TPSA) is 78.2 Å². The molecule has 3 aromatic heterocycles. The van der Waals surface area contributed by atoms with Crippen molar-refractivity contribution in [2.45, 2.75) is 51.4 Å². The fourth-order valence-electron chi connectivity index (χ4n) is 5.20. The highest BCUT2D eigenvalue weighted by Gasteiger charge is 2.28. The lowest BCUT2D eigenvalue weighted by Gasteiger charge is -2.27. The van der Waals surface area contributed by atoms with Gasteiger partial charge in [-0.2, -0.15) is 0 Å². The number of nitrogens with two attached hydrogens (primary N) is 1. The van der Waals surface area contributed by atoms with Crippen molar-refractivity contribution in [3.05, 3.63) is 48.4 Å². The summed E-state index contributed by atoms with van der Waals surface area (Å²) in [7, 11) is 1.84. The molecule has 0 unspecified atom stereocenters. The van der Waals surface area contributed by atoms with Gasteiger partial charge in [0.25, 0.3) is 0 Å². The summed E-state index contributed by atoms with van der Waals surface area (Å²) in [6.45, 7) is 1.66. The molecule has 5 rings (SSSR count). The average Bonchev–Trinajstić information content (AvgIpc) is 3.35. The van der Waals surface area contributed by atoms with Gasteiger partial charge in [0, 0.05) is 48.9 Å². The number of Topliss-reactive ketones (excluding diaryl/α,β-unsaturated/α-hetero) is 1. The summed E-state index contributed by atoms with van der Waals surface area (Å²) in [5, 5.41) is 0.854.